The number of halogens is 3. The maximum absolute atomic E-state index is 13.3. The predicted octanol–water partition coefficient (Wildman–Crippen LogP) is 2.29. The van der Waals surface area contributed by atoms with E-state index < -0.39 is 27.3 Å². The van der Waals surface area contributed by atoms with E-state index in [0.717, 1.165) is 18.1 Å². The number of aryl methyl sites for hydroxylation is 2. The molecule has 2 rings (SSSR count). The summed E-state index contributed by atoms with van der Waals surface area (Å²) in [6.45, 7) is 2.12. The second-order valence-electron chi connectivity index (χ2n) is 5.39. The largest absolute Gasteiger partial charge is 0.726 e. The van der Waals surface area contributed by atoms with Crippen LogP contribution in [0.2, 0.25) is 0 Å². The van der Waals surface area contributed by atoms with Gasteiger partial charge in [0.1, 0.15) is 0 Å². The molecule has 1 heterocycles. The second-order valence-corrected chi connectivity index (χ2v) is 6.54. The number of non-ortho nitro benzene ring substituents is 1. The van der Waals surface area contributed by atoms with E-state index in [1.54, 1.807) is 0 Å². The molecule has 0 amide bonds. The number of nitro benzene ring substituents is 1. The highest BCUT2D eigenvalue weighted by Gasteiger charge is 2.46. The van der Waals surface area contributed by atoms with E-state index in [9.17, 15) is 36.3 Å². The van der Waals surface area contributed by atoms with Crippen molar-refractivity contribution < 1.29 is 39.8 Å². The molecule has 0 N–H and O–H groups in total. The number of unbranched alkanes of at least 4 members (excludes halogenated alkanes) is 1. The smallest absolute Gasteiger partial charge is 0.495 e. The van der Waals surface area contributed by atoms with Crippen molar-refractivity contribution in [2.75, 3.05) is 7.11 Å². The van der Waals surface area contributed by atoms with Crippen molar-refractivity contribution in [3.8, 4) is 0 Å². The Morgan fingerprint density at radius 1 is 1.33 bits per heavy atom. The normalized spacial score (nSPS) is 12.0. The van der Waals surface area contributed by atoms with Crippen LogP contribution in [0.15, 0.2) is 18.2 Å². The van der Waals surface area contributed by atoms with Crippen LogP contribution in [0, 0.1) is 10.1 Å². The standard InChI is InChI=1S/C13H15F3N3O2.CH4O4S/c1-3-4-7-18-10-6-5-9(19(20)21)8-11(10)17(2)12(18)13(14,15)16;1-5-6(2,3)4/h5-6,8H,3-4,7H2,1-2H3;1H3,(H,2,3,4)/q+1;/p-1. The molecule has 0 bridgehead atoms. The summed E-state index contributed by atoms with van der Waals surface area (Å²) < 4.78 is 72.9. The van der Waals surface area contributed by atoms with Crippen molar-refractivity contribution in [1.29, 1.82) is 0 Å². The Labute approximate surface area is 153 Å². The monoisotopic (exact) mass is 413 g/mol. The highest BCUT2D eigenvalue weighted by atomic mass is 32.3. The molecular weight excluding hydrogens is 395 g/mol. The van der Waals surface area contributed by atoms with Gasteiger partial charge in [-0.1, -0.05) is 13.3 Å². The van der Waals surface area contributed by atoms with Gasteiger partial charge in [-0.05, 0) is 12.5 Å². The predicted molar refractivity (Wildman–Crippen MR) is 86.4 cm³/mol. The average Bonchev–Trinajstić information content (AvgIpc) is 2.84. The fourth-order valence-electron chi connectivity index (χ4n) is 2.42. The maximum Gasteiger partial charge on any atom is 0.495 e. The molecule has 0 radical (unpaired) electrons. The van der Waals surface area contributed by atoms with E-state index in [-0.39, 0.29) is 17.7 Å². The topological polar surface area (TPSA) is 118 Å². The Balaban J connectivity index is 0.000000527. The van der Waals surface area contributed by atoms with E-state index >= 15 is 0 Å². The first-order valence-electron chi connectivity index (χ1n) is 7.58. The van der Waals surface area contributed by atoms with Gasteiger partial charge in [-0.25, -0.2) is 17.6 Å². The van der Waals surface area contributed by atoms with E-state index in [4.69, 9.17) is 0 Å². The van der Waals surface area contributed by atoms with Gasteiger partial charge in [0, 0.05) is 6.07 Å². The lowest BCUT2D eigenvalue weighted by atomic mass is 10.2. The highest BCUT2D eigenvalue weighted by Crippen LogP contribution is 2.31. The van der Waals surface area contributed by atoms with Crippen LogP contribution < -0.4 is 4.57 Å². The number of imidazole rings is 1. The highest BCUT2D eigenvalue weighted by molar-refractivity contribution is 7.80. The molecule has 9 nitrogen and oxygen atoms in total. The molecule has 1 aromatic carbocycles. The molecule has 13 heteroatoms. The molecule has 0 saturated carbocycles. The van der Waals surface area contributed by atoms with Crippen LogP contribution in [0.25, 0.3) is 11.0 Å². The zero-order valence-electron chi connectivity index (χ0n) is 14.7. The number of hydrogen-bond acceptors (Lipinski definition) is 6. The van der Waals surface area contributed by atoms with E-state index in [1.807, 2.05) is 6.92 Å². The number of rotatable bonds is 5. The maximum atomic E-state index is 13.3. The third-order valence-corrected chi connectivity index (χ3v) is 4.00. The Kier molecular flexibility index (Phi) is 7.28. The van der Waals surface area contributed by atoms with Gasteiger partial charge in [-0.15, -0.1) is 0 Å². The fourth-order valence-corrected chi connectivity index (χ4v) is 2.42. The van der Waals surface area contributed by atoms with Gasteiger partial charge in [0.25, 0.3) is 5.69 Å². The van der Waals surface area contributed by atoms with Crippen LogP contribution in [0.3, 0.4) is 0 Å². The Bertz CT molecular complexity index is 924. The second kappa shape index (κ2) is 8.63. The van der Waals surface area contributed by atoms with Gasteiger partial charge in [0.05, 0.1) is 31.7 Å². The van der Waals surface area contributed by atoms with Crippen LogP contribution in [-0.4, -0.2) is 29.6 Å². The Hall–Kier alpha value is -2.25. The summed E-state index contributed by atoms with van der Waals surface area (Å²) in [6.07, 6.45) is -3.16. The zero-order valence-corrected chi connectivity index (χ0v) is 15.5. The first-order valence-corrected chi connectivity index (χ1v) is 8.92. The molecule has 0 saturated heterocycles. The number of nitrogens with zero attached hydrogens (tertiary/aromatic N) is 3. The molecule has 0 fully saturated rings. The summed E-state index contributed by atoms with van der Waals surface area (Å²) in [4.78, 5) is 10.2. The molecule has 0 aliphatic heterocycles. The number of alkyl halides is 3. The van der Waals surface area contributed by atoms with Gasteiger partial charge in [-0.2, -0.15) is 13.2 Å². The first-order chi connectivity index (χ1) is 12.3. The minimum atomic E-state index is -4.52. The van der Waals surface area contributed by atoms with Crippen molar-refractivity contribution in [3.05, 3.63) is 34.1 Å². The lowest BCUT2D eigenvalue weighted by molar-refractivity contribution is -0.692. The number of benzene rings is 1. The van der Waals surface area contributed by atoms with Crippen LogP contribution in [0.5, 0.6) is 0 Å². The Morgan fingerprint density at radius 3 is 2.30 bits per heavy atom. The zero-order chi connectivity index (χ0) is 21.0. The molecule has 0 spiro atoms. The molecule has 0 unspecified atom stereocenters. The van der Waals surface area contributed by atoms with Crippen LogP contribution in [-0.2, 0) is 34.4 Å². The third kappa shape index (κ3) is 5.87. The lowest BCUT2D eigenvalue weighted by Crippen LogP contribution is -2.42. The van der Waals surface area contributed by atoms with Crippen LogP contribution >= 0.6 is 0 Å². The summed E-state index contributed by atoms with van der Waals surface area (Å²) in [5.74, 6) is -0.800. The Morgan fingerprint density at radius 2 is 1.89 bits per heavy atom. The first kappa shape index (κ1) is 22.8. The van der Waals surface area contributed by atoms with Crippen molar-refractivity contribution in [3.63, 3.8) is 0 Å². The van der Waals surface area contributed by atoms with Crippen molar-refractivity contribution in [1.82, 2.24) is 4.57 Å². The molecule has 27 heavy (non-hydrogen) atoms. The minimum absolute atomic E-state index is 0.202. The van der Waals surface area contributed by atoms with Crippen LogP contribution in [0.4, 0.5) is 18.9 Å². The average molecular weight is 413 g/mol. The summed E-state index contributed by atoms with van der Waals surface area (Å²) >= 11 is 0. The molecule has 0 aliphatic carbocycles. The lowest BCUT2D eigenvalue weighted by Gasteiger charge is -2.05. The summed E-state index contributed by atoms with van der Waals surface area (Å²) in [5, 5.41) is 10.8. The minimum Gasteiger partial charge on any atom is -0.726 e. The molecule has 0 aliphatic rings. The fraction of sp³-hybridized carbons (Fsp3) is 0.500. The van der Waals surface area contributed by atoms with E-state index in [2.05, 4.69) is 4.18 Å². The van der Waals surface area contributed by atoms with Crippen molar-refractivity contribution >= 4 is 27.1 Å². The SMILES string of the molecule is CCCC[n+]1c(C(F)(F)F)n(C)c2cc([N+](=O)[O-])ccc21.COS(=O)(=O)[O-]. The van der Waals surface area contributed by atoms with Gasteiger partial charge in [0.15, 0.2) is 11.0 Å². The molecule has 2 aromatic rings. The third-order valence-electron chi connectivity index (χ3n) is 3.59. The van der Waals surface area contributed by atoms with E-state index in [1.165, 1.54) is 29.8 Å². The van der Waals surface area contributed by atoms with E-state index in [0.29, 0.717) is 11.9 Å². The number of hydrogen-bond donors (Lipinski definition) is 0. The van der Waals surface area contributed by atoms with Gasteiger partial charge in [0.2, 0.25) is 10.4 Å². The molecular formula is C14H18F3N3O6S. The molecule has 0 atom stereocenters. The summed E-state index contributed by atoms with van der Waals surface area (Å²) in [5.41, 5.74) is 0.330. The van der Waals surface area contributed by atoms with Crippen LogP contribution in [0.1, 0.15) is 25.6 Å². The molecule has 1 aromatic heterocycles. The van der Waals surface area contributed by atoms with Gasteiger partial charge in [-0.3, -0.25) is 14.3 Å². The number of fused-ring (bicyclic) bond motifs is 1. The number of aromatic nitrogens is 2. The molecule has 152 valence electrons. The van der Waals surface area contributed by atoms with Gasteiger partial charge < -0.3 is 4.55 Å². The number of nitro groups is 1. The van der Waals surface area contributed by atoms with Crippen molar-refractivity contribution in [2.24, 2.45) is 7.05 Å². The summed E-state index contributed by atoms with van der Waals surface area (Å²) in [6, 6.07) is 3.77. The summed E-state index contributed by atoms with van der Waals surface area (Å²) in [7, 11) is -2.33. The van der Waals surface area contributed by atoms with Gasteiger partial charge >= 0.3 is 12.0 Å². The quantitative estimate of drug-likeness (QED) is 0.244. The van der Waals surface area contributed by atoms with Crippen molar-refractivity contribution in [2.45, 2.75) is 32.5 Å².